The molecule has 0 spiro atoms. The molecule has 0 amide bonds. The maximum absolute atomic E-state index is 13.6. The van der Waals surface area contributed by atoms with Crippen LogP contribution in [0, 0.1) is 52.3 Å². The first kappa shape index (κ1) is 37.1. The van der Waals surface area contributed by atoms with Gasteiger partial charge in [0.1, 0.15) is 24.4 Å². The molecule has 3 saturated carbocycles. The average Bonchev–Trinajstić information content (AvgIpc) is 3.24. The molecule has 266 valence electrons. The number of carbonyl (C=O) groups is 5. The molecule has 1 aliphatic heterocycles. The number of fused-ring (bicyclic) bond motifs is 5. The molecule has 1 saturated heterocycles. The van der Waals surface area contributed by atoms with Crippen molar-refractivity contribution in [2.45, 2.75) is 138 Å². The first-order chi connectivity index (χ1) is 21.7. The molecular weight excluding hydrogens is 608 g/mol. The quantitative estimate of drug-likeness (QED) is 0.268. The van der Waals surface area contributed by atoms with Crippen LogP contribution < -0.4 is 0 Å². The van der Waals surface area contributed by atoms with E-state index in [2.05, 4.69) is 20.8 Å². The lowest BCUT2D eigenvalue weighted by Gasteiger charge is -2.56. The van der Waals surface area contributed by atoms with Gasteiger partial charge in [0.15, 0.2) is 0 Å². The topological polar surface area (TPSA) is 152 Å². The van der Waals surface area contributed by atoms with Gasteiger partial charge < -0.3 is 28.8 Å². The fraction of sp³-hybridized carbons (Fsp3) is 0.861. The Bertz CT molecular complexity index is 1220. The van der Waals surface area contributed by atoms with Crippen molar-refractivity contribution in [2.24, 2.45) is 52.3 Å². The van der Waals surface area contributed by atoms with Crippen molar-refractivity contribution in [3.05, 3.63) is 0 Å². The van der Waals surface area contributed by atoms with Crippen molar-refractivity contribution in [1.29, 1.82) is 0 Å². The van der Waals surface area contributed by atoms with Crippen molar-refractivity contribution in [2.75, 3.05) is 6.61 Å². The smallest absolute Gasteiger partial charge is 0.309 e. The molecule has 1 N–H and O–H groups in total. The normalized spacial score (nSPS) is 37.7. The molecule has 4 rings (SSSR count). The first-order valence-electron chi connectivity index (χ1n) is 17.3. The van der Waals surface area contributed by atoms with E-state index >= 15 is 0 Å². The lowest BCUT2D eigenvalue weighted by Crippen LogP contribution is -2.56. The second kappa shape index (κ2) is 13.7. The van der Waals surface area contributed by atoms with E-state index in [1.165, 1.54) is 27.7 Å². The summed E-state index contributed by atoms with van der Waals surface area (Å²) in [6.45, 7) is 17.2. The highest BCUT2D eigenvalue weighted by Crippen LogP contribution is 2.66. The van der Waals surface area contributed by atoms with Crippen molar-refractivity contribution < 1.29 is 52.8 Å². The summed E-state index contributed by atoms with van der Waals surface area (Å²) in [5, 5.41) is 10.9. The van der Waals surface area contributed by atoms with Gasteiger partial charge in [-0.2, -0.15) is 0 Å². The van der Waals surface area contributed by atoms with E-state index in [-0.39, 0.29) is 54.0 Å². The monoisotopic (exact) mass is 664 g/mol. The summed E-state index contributed by atoms with van der Waals surface area (Å²) < 4.78 is 29.1. The Morgan fingerprint density at radius 1 is 0.830 bits per heavy atom. The molecule has 11 heteroatoms. The molecule has 0 aromatic carbocycles. The lowest BCUT2D eigenvalue weighted by molar-refractivity contribution is -0.190. The standard InChI is InChI=1S/C36H56O11/c1-18(31(46-22(5)39)32(47-23(6)40)19(2)34(7,8)42)25-11-12-26-24-17-43-33(41)28-15-29(44-20(3)37)30(45-21(4)38)16-36(28,10)27(24)13-14-35(25,26)9/h18-19,24-32,42H,11-17H2,1-10H3/t18-,19+,24?,25?,26?,27?,28?,29-,30+,31+,32+,35+,36+/m0/s1. The summed E-state index contributed by atoms with van der Waals surface area (Å²) in [5.74, 6) is -3.01. The highest BCUT2D eigenvalue weighted by Gasteiger charge is 2.64. The number of ether oxygens (including phenoxy) is 5. The van der Waals surface area contributed by atoms with E-state index in [0.29, 0.717) is 6.42 Å². The number of carbonyl (C=O) groups excluding carboxylic acids is 5. The molecule has 0 aromatic heterocycles. The van der Waals surface area contributed by atoms with Gasteiger partial charge in [-0.15, -0.1) is 0 Å². The minimum Gasteiger partial charge on any atom is -0.465 e. The lowest BCUT2D eigenvalue weighted by atomic mass is 9.48. The fourth-order valence-corrected chi connectivity index (χ4v) is 10.3. The van der Waals surface area contributed by atoms with E-state index in [1.54, 1.807) is 20.8 Å². The van der Waals surface area contributed by atoms with Crippen LogP contribution in [0.4, 0.5) is 0 Å². The molecule has 11 nitrogen and oxygen atoms in total. The van der Waals surface area contributed by atoms with Crippen LogP contribution in [0.25, 0.3) is 0 Å². The summed E-state index contributed by atoms with van der Waals surface area (Å²) in [6.07, 6.45) is 1.05. The largest absolute Gasteiger partial charge is 0.465 e. The van der Waals surface area contributed by atoms with Gasteiger partial charge in [0.2, 0.25) is 0 Å². The zero-order valence-corrected chi connectivity index (χ0v) is 29.8. The van der Waals surface area contributed by atoms with E-state index in [9.17, 15) is 29.1 Å². The van der Waals surface area contributed by atoms with Gasteiger partial charge in [0, 0.05) is 46.0 Å². The van der Waals surface area contributed by atoms with Gasteiger partial charge >= 0.3 is 29.8 Å². The summed E-state index contributed by atoms with van der Waals surface area (Å²) in [4.78, 5) is 62.4. The van der Waals surface area contributed by atoms with Crippen LogP contribution in [-0.2, 0) is 47.7 Å². The second-order valence-electron chi connectivity index (χ2n) is 16.0. The Hall–Kier alpha value is -2.69. The van der Waals surface area contributed by atoms with E-state index in [1.807, 2.05) is 0 Å². The summed E-state index contributed by atoms with van der Waals surface area (Å²) in [5.41, 5.74) is -1.93. The minimum atomic E-state index is -1.20. The maximum Gasteiger partial charge on any atom is 0.309 e. The zero-order valence-electron chi connectivity index (χ0n) is 29.8. The minimum absolute atomic E-state index is 0.0555. The summed E-state index contributed by atoms with van der Waals surface area (Å²) in [7, 11) is 0. The van der Waals surface area contributed by atoms with Crippen molar-refractivity contribution >= 4 is 29.8 Å². The molecule has 0 aromatic rings. The molecule has 5 unspecified atom stereocenters. The predicted molar refractivity (Wildman–Crippen MR) is 169 cm³/mol. The Morgan fingerprint density at radius 2 is 1.38 bits per heavy atom. The third-order valence-electron chi connectivity index (χ3n) is 12.7. The molecule has 4 aliphatic rings. The maximum atomic E-state index is 13.6. The van der Waals surface area contributed by atoms with Gasteiger partial charge in [0.05, 0.1) is 18.1 Å². The predicted octanol–water partition coefficient (Wildman–Crippen LogP) is 4.79. The molecule has 1 heterocycles. The van der Waals surface area contributed by atoms with Gasteiger partial charge in [-0.05, 0) is 80.5 Å². The van der Waals surface area contributed by atoms with Gasteiger partial charge in [-0.25, -0.2) is 0 Å². The zero-order chi connectivity index (χ0) is 35.2. The first-order valence-corrected chi connectivity index (χ1v) is 17.3. The highest BCUT2D eigenvalue weighted by molar-refractivity contribution is 5.75. The number of hydrogen-bond donors (Lipinski definition) is 1. The van der Waals surface area contributed by atoms with Crippen LogP contribution in [0.2, 0.25) is 0 Å². The van der Waals surface area contributed by atoms with E-state index < -0.39 is 71.1 Å². The Kier molecular flexibility index (Phi) is 10.8. The van der Waals surface area contributed by atoms with Crippen molar-refractivity contribution in [3.8, 4) is 0 Å². The van der Waals surface area contributed by atoms with Gasteiger partial charge in [-0.3, -0.25) is 24.0 Å². The SMILES string of the molecule is CC(=O)O[C@@H]([C@H](OC(C)=O)[C@@H](C)C1CCC2C3COC(=O)C4C[C@H](OC(C)=O)[C@H](OC(C)=O)C[C@]4(C)C3CC[C@@]21C)[C@@H](C)C(C)(C)O. The van der Waals surface area contributed by atoms with Crippen molar-refractivity contribution in [1.82, 2.24) is 0 Å². The molecule has 13 atom stereocenters. The Labute approximate surface area is 279 Å². The van der Waals surface area contributed by atoms with Crippen LogP contribution in [0.15, 0.2) is 0 Å². The number of esters is 5. The van der Waals surface area contributed by atoms with Crippen LogP contribution in [-0.4, -0.2) is 71.6 Å². The third-order valence-corrected chi connectivity index (χ3v) is 12.7. The number of aliphatic hydroxyl groups is 1. The molecule has 47 heavy (non-hydrogen) atoms. The fourth-order valence-electron chi connectivity index (χ4n) is 10.3. The molecule has 4 fully saturated rings. The third kappa shape index (κ3) is 7.35. The molecule has 0 bridgehead atoms. The van der Waals surface area contributed by atoms with Gasteiger partial charge in [-0.1, -0.05) is 27.7 Å². The second-order valence-corrected chi connectivity index (χ2v) is 16.0. The summed E-state index contributed by atoms with van der Waals surface area (Å²) in [6, 6.07) is 0. The molecule has 0 radical (unpaired) electrons. The van der Waals surface area contributed by atoms with Crippen LogP contribution in [0.5, 0.6) is 0 Å². The number of rotatable bonds is 9. The van der Waals surface area contributed by atoms with Crippen LogP contribution >= 0.6 is 0 Å². The van der Waals surface area contributed by atoms with Gasteiger partial charge in [0.25, 0.3) is 0 Å². The Balaban J connectivity index is 1.66. The highest BCUT2D eigenvalue weighted by atomic mass is 16.6. The van der Waals surface area contributed by atoms with E-state index in [4.69, 9.17) is 23.7 Å². The number of hydrogen-bond acceptors (Lipinski definition) is 11. The molecular formula is C36H56O11. The average molecular weight is 665 g/mol. The molecule has 3 aliphatic carbocycles. The van der Waals surface area contributed by atoms with Crippen LogP contribution in [0.3, 0.4) is 0 Å². The van der Waals surface area contributed by atoms with Crippen LogP contribution in [0.1, 0.15) is 108 Å². The van der Waals surface area contributed by atoms with E-state index in [0.717, 1.165) is 25.7 Å². The Morgan fingerprint density at radius 3 is 1.94 bits per heavy atom. The van der Waals surface area contributed by atoms with Crippen molar-refractivity contribution in [3.63, 3.8) is 0 Å². The summed E-state index contributed by atoms with van der Waals surface area (Å²) >= 11 is 0. The number of cyclic esters (lactones) is 1.